The molecule has 6 nitrogen and oxygen atoms in total. The Labute approximate surface area is 187 Å². The van der Waals surface area contributed by atoms with Crippen LogP contribution in [0.4, 0.5) is 15.9 Å². The van der Waals surface area contributed by atoms with Crippen molar-refractivity contribution in [2.45, 2.75) is 38.8 Å². The average molecular weight is 435 g/mol. The molecule has 1 aliphatic rings. The summed E-state index contributed by atoms with van der Waals surface area (Å²) in [5, 5.41) is 0. The number of hydrogen-bond donors (Lipinski definition) is 0. The third kappa shape index (κ3) is 4.56. The van der Waals surface area contributed by atoms with Gasteiger partial charge in [0.05, 0.1) is 6.20 Å². The van der Waals surface area contributed by atoms with Gasteiger partial charge in [-0.2, -0.15) is 0 Å². The first kappa shape index (κ1) is 21.7. The molecule has 0 N–H and O–H groups in total. The molecule has 0 radical (unpaired) electrons. The lowest BCUT2D eigenvalue weighted by molar-refractivity contribution is -0.119. The maximum atomic E-state index is 13.0. The summed E-state index contributed by atoms with van der Waals surface area (Å²) in [4.78, 5) is 25.3. The summed E-state index contributed by atoms with van der Waals surface area (Å²) in [6.07, 6.45) is 3.97. The van der Waals surface area contributed by atoms with Crippen LogP contribution in [0.3, 0.4) is 0 Å². The lowest BCUT2D eigenvalue weighted by Crippen LogP contribution is -2.50. The highest BCUT2D eigenvalue weighted by Crippen LogP contribution is 2.32. The van der Waals surface area contributed by atoms with Crippen molar-refractivity contribution in [3.8, 4) is 5.75 Å². The predicted octanol–water partition coefficient (Wildman–Crippen LogP) is 4.17. The molecule has 0 saturated carbocycles. The number of rotatable bonds is 7. The highest BCUT2D eigenvalue weighted by molar-refractivity contribution is 6.04. The summed E-state index contributed by atoms with van der Waals surface area (Å²) in [5.41, 5.74) is 2.82. The lowest BCUT2D eigenvalue weighted by atomic mass is 10.1. The lowest BCUT2D eigenvalue weighted by Gasteiger charge is -2.38. The first-order valence-electron chi connectivity index (χ1n) is 10.8. The van der Waals surface area contributed by atoms with Crippen molar-refractivity contribution in [2.75, 3.05) is 23.9 Å². The van der Waals surface area contributed by atoms with E-state index >= 15 is 0 Å². The molecule has 7 heteroatoms. The van der Waals surface area contributed by atoms with Crippen LogP contribution >= 0.6 is 0 Å². The maximum absolute atomic E-state index is 13.0. The van der Waals surface area contributed by atoms with E-state index in [1.54, 1.807) is 30.3 Å². The van der Waals surface area contributed by atoms with Crippen LogP contribution in [-0.2, 0) is 24.2 Å². The van der Waals surface area contributed by atoms with Crippen LogP contribution in [0.1, 0.15) is 30.3 Å². The van der Waals surface area contributed by atoms with Crippen LogP contribution in [-0.4, -0.2) is 36.0 Å². The summed E-state index contributed by atoms with van der Waals surface area (Å²) < 4.78 is 18.8. The Kier molecular flexibility index (Phi) is 6.35. The molecule has 166 valence electrons. The van der Waals surface area contributed by atoms with Crippen molar-refractivity contribution in [1.29, 1.82) is 0 Å². The Morgan fingerprint density at radius 3 is 2.38 bits per heavy atom. The van der Waals surface area contributed by atoms with Gasteiger partial charge < -0.3 is 14.5 Å². The van der Waals surface area contributed by atoms with E-state index in [0.29, 0.717) is 13.0 Å². The Morgan fingerprint density at radius 2 is 1.69 bits per heavy atom. The smallest absolute Gasteiger partial charge is 0.249 e. The Balaban J connectivity index is 1.37. The van der Waals surface area contributed by atoms with Gasteiger partial charge in [-0.25, -0.2) is 14.4 Å². The zero-order valence-corrected chi connectivity index (χ0v) is 18.6. The van der Waals surface area contributed by atoms with Crippen molar-refractivity contribution in [1.82, 2.24) is 9.97 Å². The number of ether oxygens (including phenoxy) is 1. The Morgan fingerprint density at radius 1 is 1.00 bits per heavy atom. The molecule has 0 fully saturated rings. The Hall–Kier alpha value is -3.48. The minimum absolute atomic E-state index is 0.0700. The maximum Gasteiger partial charge on any atom is 0.249 e. The molecular weight excluding hydrogens is 407 g/mol. The number of amides is 1. The average Bonchev–Trinajstić information content (AvgIpc) is 2.82. The van der Waals surface area contributed by atoms with Gasteiger partial charge >= 0.3 is 0 Å². The van der Waals surface area contributed by atoms with Gasteiger partial charge in [0.25, 0.3) is 0 Å². The van der Waals surface area contributed by atoms with Crippen LogP contribution in [0.5, 0.6) is 5.75 Å². The van der Waals surface area contributed by atoms with Gasteiger partial charge in [-0.3, -0.25) is 4.79 Å². The predicted molar refractivity (Wildman–Crippen MR) is 123 cm³/mol. The minimum Gasteiger partial charge on any atom is -0.489 e. The second kappa shape index (κ2) is 9.34. The monoisotopic (exact) mass is 434 g/mol. The molecule has 1 amide bonds. The molecule has 0 spiro atoms. The number of anilines is 2. The van der Waals surface area contributed by atoms with Gasteiger partial charge in [-0.1, -0.05) is 31.2 Å². The molecular formula is C25H27FN4O2. The van der Waals surface area contributed by atoms with Crippen molar-refractivity contribution >= 4 is 17.4 Å². The number of hydrogen-bond acceptors (Lipinski definition) is 5. The molecule has 0 aliphatic carbocycles. The summed E-state index contributed by atoms with van der Waals surface area (Å²) >= 11 is 0. The highest BCUT2D eigenvalue weighted by atomic mass is 19.1. The van der Waals surface area contributed by atoms with Crippen LogP contribution in [0.15, 0.2) is 54.7 Å². The van der Waals surface area contributed by atoms with Crippen LogP contribution in [0.25, 0.3) is 0 Å². The van der Waals surface area contributed by atoms with Crippen molar-refractivity contribution in [3.63, 3.8) is 0 Å². The molecule has 1 unspecified atom stereocenters. The molecule has 2 heterocycles. The summed E-state index contributed by atoms with van der Waals surface area (Å²) in [5.74, 6) is 2.14. The van der Waals surface area contributed by atoms with Gasteiger partial charge in [0, 0.05) is 20.5 Å². The number of aromatic nitrogens is 2. The summed E-state index contributed by atoms with van der Waals surface area (Å²) in [6, 6.07) is 14.0. The van der Waals surface area contributed by atoms with E-state index in [1.165, 1.54) is 12.1 Å². The number of nitrogens with zero attached hydrogens (tertiary/aromatic N) is 4. The van der Waals surface area contributed by atoms with Crippen molar-refractivity contribution in [3.05, 3.63) is 77.5 Å². The molecule has 1 aliphatic heterocycles. The van der Waals surface area contributed by atoms with Crippen molar-refractivity contribution in [2.24, 2.45) is 0 Å². The van der Waals surface area contributed by atoms with Crippen LogP contribution < -0.4 is 14.5 Å². The van der Waals surface area contributed by atoms with Gasteiger partial charge in [0.1, 0.15) is 35.7 Å². The fourth-order valence-electron chi connectivity index (χ4n) is 3.88. The normalized spacial score (nSPS) is 15.6. The van der Waals surface area contributed by atoms with E-state index in [-0.39, 0.29) is 17.8 Å². The third-order valence-corrected chi connectivity index (χ3v) is 5.84. The second-order valence-electron chi connectivity index (χ2n) is 7.99. The molecule has 0 saturated heterocycles. The zero-order valence-electron chi connectivity index (χ0n) is 18.6. The molecule has 1 atom stereocenters. The van der Waals surface area contributed by atoms with Gasteiger partial charge in [0.15, 0.2) is 5.82 Å². The zero-order chi connectivity index (χ0) is 22.7. The number of carbonyl (C=O) groups is 1. The molecule has 0 bridgehead atoms. The van der Waals surface area contributed by atoms with Gasteiger partial charge in [-0.15, -0.1) is 0 Å². The van der Waals surface area contributed by atoms with Crippen LogP contribution in [0, 0.1) is 5.82 Å². The molecule has 3 aromatic rings. The van der Waals surface area contributed by atoms with E-state index < -0.39 is 0 Å². The van der Waals surface area contributed by atoms with E-state index in [0.717, 1.165) is 47.0 Å². The minimum atomic E-state index is -0.252. The SMILES string of the molecule is CCC1C(=O)N(C)c2cnc(CCc3ccc(OCc4ccc(F)cc4)cc3)nc2N1C. The first-order chi connectivity index (χ1) is 15.5. The Bertz CT molecular complexity index is 1090. The number of carbonyl (C=O) groups excluding carboxylic acids is 1. The number of benzene rings is 2. The summed E-state index contributed by atoms with van der Waals surface area (Å²) in [6.45, 7) is 2.40. The number of likely N-dealkylation sites (N-methyl/N-ethyl adjacent to an activating group) is 2. The van der Waals surface area contributed by atoms with Gasteiger partial charge in [0.2, 0.25) is 5.91 Å². The largest absolute Gasteiger partial charge is 0.489 e. The fourth-order valence-corrected chi connectivity index (χ4v) is 3.88. The van der Waals surface area contributed by atoms with Gasteiger partial charge in [-0.05, 0) is 48.2 Å². The first-order valence-corrected chi connectivity index (χ1v) is 10.8. The topological polar surface area (TPSA) is 58.6 Å². The number of aryl methyl sites for hydroxylation is 2. The molecule has 2 aromatic carbocycles. The van der Waals surface area contributed by atoms with E-state index in [1.807, 2.05) is 43.1 Å². The highest BCUT2D eigenvalue weighted by Gasteiger charge is 2.34. The standard InChI is InChI=1S/C25H27FN4O2/c1-4-21-25(31)30(3)22-15-27-23(28-24(22)29(21)2)14-9-17-7-12-20(13-8-17)32-16-18-5-10-19(26)11-6-18/h5-8,10-13,15,21H,4,9,14,16H2,1-3H3. The molecule has 1 aromatic heterocycles. The van der Waals surface area contributed by atoms with E-state index in [4.69, 9.17) is 9.72 Å². The quantitative estimate of drug-likeness (QED) is 0.559. The van der Waals surface area contributed by atoms with Crippen LogP contribution in [0.2, 0.25) is 0 Å². The van der Waals surface area contributed by atoms with E-state index in [9.17, 15) is 9.18 Å². The van der Waals surface area contributed by atoms with Crippen molar-refractivity contribution < 1.29 is 13.9 Å². The third-order valence-electron chi connectivity index (χ3n) is 5.84. The fraction of sp³-hybridized carbons (Fsp3) is 0.320. The van der Waals surface area contributed by atoms with E-state index in [2.05, 4.69) is 4.98 Å². The second-order valence-corrected chi connectivity index (χ2v) is 7.99. The molecule has 32 heavy (non-hydrogen) atoms. The number of fused-ring (bicyclic) bond motifs is 1. The number of halogens is 1. The molecule has 4 rings (SSSR count). The summed E-state index contributed by atoms with van der Waals surface area (Å²) in [7, 11) is 3.69.